The highest BCUT2D eigenvalue weighted by atomic mass is 16.4. The summed E-state index contributed by atoms with van der Waals surface area (Å²) in [4.78, 5) is 13.2. The first-order chi connectivity index (χ1) is 13.2. The van der Waals surface area contributed by atoms with E-state index in [1.165, 1.54) is 5.56 Å². The zero-order valence-electron chi connectivity index (χ0n) is 14.7. The number of carbonyl (C=O) groups is 1. The quantitative estimate of drug-likeness (QED) is 0.703. The maximum Gasteiger partial charge on any atom is 0.322 e. The topological polar surface area (TPSA) is 96.2 Å². The monoisotopic (exact) mass is 364 g/mol. The number of tetrazole rings is 1. The molecule has 2 heterocycles. The summed E-state index contributed by atoms with van der Waals surface area (Å²) in [5.74, 6) is -0.273. The summed E-state index contributed by atoms with van der Waals surface area (Å²) in [5, 5.41) is 24.2. The maximum atomic E-state index is 11.2. The summed E-state index contributed by atoms with van der Waals surface area (Å²) in [6.07, 6.45) is 0. The van der Waals surface area contributed by atoms with Crippen molar-refractivity contribution in [3.05, 3.63) is 60.2 Å². The molecule has 8 heteroatoms. The molecule has 0 aliphatic carbocycles. The van der Waals surface area contributed by atoms with E-state index in [2.05, 4.69) is 57.2 Å². The van der Waals surface area contributed by atoms with E-state index in [0.717, 1.165) is 11.1 Å². The fourth-order valence-electron chi connectivity index (χ4n) is 3.23. The number of nitrogens with one attached hydrogen (secondary N) is 1. The lowest BCUT2D eigenvalue weighted by Crippen LogP contribution is -2.54. The van der Waals surface area contributed by atoms with Gasteiger partial charge in [-0.1, -0.05) is 59.7 Å². The Hall–Kier alpha value is -3.26. The van der Waals surface area contributed by atoms with E-state index in [1.807, 2.05) is 23.1 Å². The molecule has 0 unspecified atom stereocenters. The van der Waals surface area contributed by atoms with Crippen molar-refractivity contribution in [1.82, 2.24) is 25.5 Å². The Morgan fingerprint density at radius 2 is 1.85 bits per heavy atom. The number of piperazine rings is 1. The van der Waals surface area contributed by atoms with Crippen LogP contribution < -0.4 is 10.2 Å². The van der Waals surface area contributed by atoms with Crippen LogP contribution in [0.4, 0.5) is 5.95 Å². The Morgan fingerprint density at radius 3 is 2.59 bits per heavy atom. The molecule has 0 bridgehead atoms. The van der Waals surface area contributed by atoms with Crippen molar-refractivity contribution in [2.75, 3.05) is 24.5 Å². The minimum Gasteiger partial charge on any atom is -0.480 e. The molecule has 1 fully saturated rings. The van der Waals surface area contributed by atoms with Crippen molar-refractivity contribution < 1.29 is 9.90 Å². The number of carboxylic acid groups (broad SMARTS) is 1. The van der Waals surface area contributed by atoms with E-state index in [1.54, 1.807) is 4.68 Å². The third kappa shape index (κ3) is 3.80. The van der Waals surface area contributed by atoms with Gasteiger partial charge < -0.3 is 15.3 Å². The molecule has 138 valence electrons. The number of aromatic nitrogens is 4. The van der Waals surface area contributed by atoms with Crippen LogP contribution in [0.25, 0.3) is 11.1 Å². The van der Waals surface area contributed by atoms with Crippen molar-refractivity contribution in [1.29, 1.82) is 0 Å². The molecule has 0 saturated carbocycles. The Labute approximate surface area is 156 Å². The highest BCUT2D eigenvalue weighted by molar-refractivity contribution is 5.74. The normalized spacial score (nSPS) is 17.0. The van der Waals surface area contributed by atoms with Gasteiger partial charge in [0.15, 0.2) is 0 Å². The van der Waals surface area contributed by atoms with Gasteiger partial charge in [-0.2, -0.15) is 0 Å². The minimum atomic E-state index is -0.866. The summed E-state index contributed by atoms with van der Waals surface area (Å²) in [5.41, 5.74) is 3.41. The fraction of sp³-hybridized carbons (Fsp3) is 0.263. The highest BCUT2D eigenvalue weighted by Crippen LogP contribution is 2.20. The van der Waals surface area contributed by atoms with Crippen LogP contribution >= 0.6 is 0 Å². The van der Waals surface area contributed by atoms with Crippen LogP contribution in [0.5, 0.6) is 0 Å². The summed E-state index contributed by atoms with van der Waals surface area (Å²) in [7, 11) is 0. The highest BCUT2D eigenvalue weighted by Gasteiger charge is 2.27. The van der Waals surface area contributed by atoms with Crippen molar-refractivity contribution >= 4 is 11.9 Å². The van der Waals surface area contributed by atoms with E-state index in [-0.39, 0.29) is 0 Å². The average Bonchev–Trinajstić information content (AvgIpc) is 3.17. The molecule has 1 atom stereocenters. The van der Waals surface area contributed by atoms with Crippen molar-refractivity contribution in [2.45, 2.75) is 12.6 Å². The van der Waals surface area contributed by atoms with Crippen LogP contribution in [0.2, 0.25) is 0 Å². The molecule has 27 heavy (non-hydrogen) atoms. The Kier molecular flexibility index (Phi) is 4.80. The molecule has 1 saturated heterocycles. The number of benzene rings is 2. The summed E-state index contributed by atoms with van der Waals surface area (Å²) < 4.78 is 1.71. The molecule has 1 aliphatic rings. The van der Waals surface area contributed by atoms with Gasteiger partial charge >= 0.3 is 5.97 Å². The zero-order valence-corrected chi connectivity index (χ0v) is 14.7. The number of hydrogen-bond acceptors (Lipinski definition) is 6. The van der Waals surface area contributed by atoms with Gasteiger partial charge in [-0.3, -0.25) is 4.79 Å². The molecular formula is C19H20N6O2. The van der Waals surface area contributed by atoms with Gasteiger partial charge in [0.05, 0.1) is 6.54 Å². The van der Waals surface area contributed by atoms with E-state index in [4.69, 9.17) is 0 Å². The number of carboxylic acids is 1. The predicted octanol–water partition coefficient (Wildman–Crippen LogP) is 1.25. The van der Waals surface area contributed by atoms with Crippen molar-refractivity contribution in [3.8, 4) is 11.1 Å². The maximum absolute atomic E-state index is 11.2. The SMILES string of the molecule is O=C(O)[C@H]1CN(c2nnnn2Cc2ccc(-c3ccccc3)cc2)CCN1. The standard InChI is InChI=1S/C19H20N6O2/c26-18(27)17-13-24(11-10-20-17)19-21-22-23-25(19)12-14-6-8-16(9-7-14)15-4-2-1-3-5-15/h1-9,17,20H,10-13H2,(H,26,27)/t17-/m1/s1. The zero-order chi connectivity index (χ0) is 18.6. The van der Waals surface area contributed by atoms with Gasteiger partial charge in [-0.25, -0.2) is 4.68 Å². The third-order valence-electron chi connectivity index (χ3n) is 4.66. The first kappa shape index (κ1) is 17.2. The van der Waals surface area contributed by atoms with E-state index in [9.17, 15) is 9.90 Å². The van der Waals surface area contributed by atoms with Gasteiger partial charge in [0.2, 0.25) is 5.95 Å². The molecule has 8 nitrogen and oxygen atoms in total. The second-order valence-electron chi connectivity index (χ2n) is 6.49. The largest absolute Gasteiger partial charge is 0.480 e. The molecule has 3 aromatic rings. The number of anilines is 1. The molecule has 0 radical (unpaired) electrons. The second kappa shape index (κ2) is 7.55. The van der Waals surface area contributed by atoms with Gasteiger partial charge in [0.25, 0.3) is 0 Å². The minimum absolute atomic E-state index is 0.336. The fourth-order valence-corrected chi connectivity index (χ4v) is 3.23. The first-order valence-corrected chi connectivity index (χ1v) is 8.82. The van der Waals surface area contributed by atoms with Gasteiger partial charge in [-0.05, 0) is 27.1 Å². The predicted molar refractivity (Wildman–Crippen MR) is 100 cm³/mol. The van der Waals surface area contributed by atoms with Gasteiger partial charge in [-0.15, -0.1) is 0 Å². The average molecular weight is 364 g/mol. The summed E-state index contributed by atoms with van der Waals surface area (Å²) in [6, 6.07) is 17.9. The van der Waals surface area contributed by atoms with Crippen LogP contribution in [-0.4, -0.2) is 57.0 Å². The molecule has 2 aromatic carbocycles. The lowest BCUT2D eigenvalue weighted by molar-refractivity contribution is -0.139. The number of aliphatic carboxylic acids is 1. The van der Waals surface area contributed by atoms with E-state index in [0.29, 0.717) is 32.1 Å². The molecule has 1 aromatic heterocycles. The molecule has 0 spiro atoms. The Morgan fingerprint density at radius 1 is 1.11 bits per heavy atom. The lowest BCUT2D eigenvalue weighted by Gasteiger charge is -2.31. The van der Waals surface area contributed by atoms with E-state index >= 15 is 0 Å². The lowest BCUT2D eigenvalue weighted by atomic mass is 10.0. The van der Waals surface area contributed by atoms with Crippen molar-refractivity contribution in [3.63, 3.8) is 0 Å². The van der Waals surface area contributed by atoms with Crippen LogP contribution in [-0.2, 0) is 11.3 Å². The number of rotatable bonds is 5. The Bertz CT molecular complexity index is 909. The van der Waals surface area contributed by atoms with Crippen molar-refractivity contribution in [2.24, 2.45) is 0 Å². The number of hydrogen-bond donors (Lipinski definition) is 2. The van der Waals surface area contributed by atoms with Crippen LogP contribution in [0.15, 0.2) is 54.6 Å². The van der Waals surface area contributed by atoms with E-state index < -0.39 is 12.0 Å². The summed E-state index contributed by atoms with van der Waals surface area (Å²) >= 11 is 0. The smallest absolute Gasteiger partial charge is 0.322 e. The van der Waals surface area contributed by atoms with Gasteiger partial charge in [0, 0.05) is 19.6 Å². The molecule has 2 N–H and O–H groups in total. The Balaban J connectivity index is 1.49. The third-order valence-corrected chi connectivity index (χ3v) is 4.66. The molecule has 4 rings (SSSR count). The van der Waals surface area contributed by atoms with Crippen LogP contribution in [0, 0.1) is 0 Å². The van der Waals surface area contributed by atoms with Crippen LogP contribution in [0.3, 0.4) is 0 Å². The number of nitrogens with zero attached hydrogens (tertiary/aromatic N) is 5. The summed E-state index contributed by atoms with van der Waals surface area (Å²) in [6.45, 7) is 2.11. The molecule has 0 amide bonds. The first-order valence-electron chi connectivity index (χ1n) is 8.82. The second-order valence-corrected chi connectivity index (χ2v) is 6.49. The molecular weight excluding hydrogens is 344 g/mol. The van der Waals surface area contributed by atoms with Gasteiger partial charge in [0.1, 0.15) is 6.04 Å². The van der Waals surface area contributed by atoms with Crippen LogP contribution in [0.1, 0.15) is 5.56 Å². The molecule has 1 aliphatic heterocycles.